The lowest BCUT2D eigenvalue weighted by Crippen LogP contribution is -2.70. The van der Waals surface area contributed by atoms with Gasteiger partial charge in [-0.15, -0.1) is 0 Å². The van der Waals surface area contributed by atoms with Gasteiger partial charge in [-0.1, -0.05) is 39.7 Å². The van der Waals surface area contributed by atoms with E-state index in [9.17, 15) is 29.0 Å². The van der Waals surface area contributed by atoms with Gasteiger partial charge in [0, 0.05) is 29.1 Å². The number of Topliss-reactive ketones (excluding diaryl/α,β-unsaturated/α-hetero) is 1. The molecule has 0 aromatic carbocycles. The minimum atomic E-state index is -2.28. The fourth-order valence-electron chi connectivity index (χ4n) is 8.34. The van der Waals surface area contributed by atoms with E-state index in [0.717, 1.165) is 18.9 Å². The molecule has 8 atom stereocenters. The molecule has 0 saturated heterocycles. The van der Waals surface area contributed by atoms with Gasteiger partial charge in [-0.25, -0.2) is 8.78 Å². The maximum Gasteiger partial charge on any atom is 0.306 e. The van der Waals surface area contributed by atoms with E-state index < -0.39 is 75.9 Å². The van der Waals surface area contributed by atoms with E-state index in [4.69, 9.17) is 4.74 Å². The molecule has 2 unspecified atom stereocenters. The Labute approximate surface area is 211 Å². The highest BCUT2D eigenvalue weighted by Crippen LogP contribution is 2.71. The molecule has 0 radical (unpaired) electrons. The van der Waals surface area contributed by atoms with Gasteiger partial charge in [0.05, 0.1) is 6.10 Å². The lowest BCUT2D eigenvalue weighted by Gasteiger charge is -2.62. The van der Waals surface area contributed by atoms with Crippen LogP contribution in [0.3, 0.4) is 0 Å². The minimum absolute atomic E-state index is 0.0718. The van der Waals surface area contributed by atoms with Crippen LogP contribution in [0.2, 0.25) is 0 Å². The smallest absolute Gasteiger partial charge is 0.306 e. The average molecular weight is 509 g/mol. The Morgan fingerprint density at radius 3 is 2.56 bits per heavy atom. The quantitative estimate of drug-likeness (QED) is 0.392. The number of hydrogen-bond acceptors (Lipinski definition) is 6. The minimum Gasteiger partial charge on any atom is -0.450 e. The normalized spacial score (nSPS) is 43.6. The molecule has 0 bridgehead atoms. The highest BCUT2D eigenvalue weighted by molar-refractivity contribution is 6.04. The molecule has 8 heteroatoms. The first kappa shape index (κ1) is 27.1. The summed E-state index contributed by atoms with van der Waals surface area (Å²) >= 11 is 0. The number of rotatable bonds is 7. The summed E-state index contributed by atoms with van der Waals surface area (Å²) in [6, 6.07) is 0. The summed E-state index contributed by atoms with van der Waals surface area (Å²) in [4.78, 5) is 38.3. The average Bonchev–Trinajstić information content (AvgIpc) is 3.04. The number of esters is 1. The number of aliphatic hydroxyl groups excluding tert-OH is 2. The molecule has 0 aromatic heterocycles. The summed E-state index contributed by atoms with van der Waals surface area (Å²) in [6.07, 6.45) is 3.79. The zero-order chi connectivity index (χ0) is 26.7. The highest BCUT2D eigenvalue weighted by Gasteiger charge is 2.77. The first-order valence-corrected chi connectivity index (χ1v) is 13.2. The summed E-state index contributed by atoms with van der Waals surface area (Å²) in [6.45, 7) is 6.23. The molecule has 200 valence electrons. The standard InChI is InChI=1S/C28H38F2O6/c1-5-6-7-8-23(35)36-28(22(34)15-31)16(2)13-19-17-9-10-18-24(29)20(32)11-12-25(18,3)27(17,30)21(33)14-26(19,28)4/h11-12,16-17,19,21,31,33H,5-10,13-15H2,1-4H3/t16?,17-,19-,21?,25-,26-,27-,28-/m0/s1. The number of allylic oxidation sites excluding steroid dienone is 4. The van der Waals surface area contributed by atoms with Gasteiger partial charge in [0.15, 0.2) is 17.1 Å². The van der Waals surface area contributed by atoms with Crippen LogP contribution in [0.5, 0.6) is 0 Å². The van der Waals surface area contributed by atoms with Crippen molar-refractivity contribution in [2.75, 3.05) is 6.61 Å². The van der Waals surface area contributed by atoms with Crippen molar-refractivity contribution in [2.24, 2.45) is 28.6 Å². The third-order valence-corrected chi connectivity index (χ3v) is 10.1. The van der Waals surface area contributed by atoms with Gasteiger partial charge in [0.2, 0.25) is 11.6 Å². The number of carbonyl (C=O) groups is 3. The van der Waals surface area contributed by atoms with E-state index >= 15 is 4.39 Å². The maximum absolute atomic E-state index is 17.3. The molecule has 6 nitrogen and oxygen atoms in total. The first-order valence-electron chi connectivity index (χ1n) is 13.2. The van der Waals surface area contributed by atoms with Gasteiger partial charge in [0.25, 0.3) is 0 Å². The van der Waals surface area contributed by atoms with E-state index in [2.05, 4.69) is 0 Å². The summed E-state index contributed by atoms with van der Waals surface area (Å²) in [5.41, 5.74) is -6.54. The van der Waals surface area contributed by atoms with Crippen LogP contribution in [0.15, 0.2) is 23.6 Å². The molecular formula is C28H38F2O6. The van der Waals surface area contributed by atoms with Crippen LogP contribution < -0.4 is 0 Å². The van der Waals surface area contributed by atoms with Crippen molar-refractivity contribution in [1.82, 2.24) is 0 Å². The number of unbranched alkanes of at least 4 members (excludes halogenated alkanes) is 2. The fourth-order valence-corrected chi connectivity index (χ4v) is 8.34. The third kappa shape index (κ3) is 3.35. The molecule has 2 N–H and O–H groups in total. The molecule has 4 aliphatic carbocycles. The van der Waals surface area contributed by atoms with Crippen molar-refractivity contribution < 1.29 is 38.1 Å². The molecule has 3 fully saturated rings. The number of ketones is 2. The molecule has 4 rings (SSSR count). The Hall–Kier alpha value is -1.93. The largest absolute Gasteiger partial charge is 0.450 e. The van der Waals surface area contributed by atoms with Crippen LogP contribution in [-0.4, -0.2) is 51.7 Å². The number of fused-ring (bicyclic) bond motifs is 5. The van der Waals surface area contributed by atoms with E-state index in [1.807, 2.05) is 6.92 Å². The van der Waals surface area contributed by atoms with Crippen LogP contribution in [0, 0.1) is 28.6 Å². The van der Waals surface area contributed by atoms with Crippen molar-refractivity contribution >= 4 is 17.5 Å². The summed E-state index contributed by atoms with van der Waals surface area (Å²) in [7, 11) is 0. The Bertz CT molecular complexity index is 1020. The Kier molecular flexibility index (Phi) is 6.87. The lowest BCUT2D eigenvalue weighted by atomic mass is 9.44. The molecule has 4 aliphatic rings. The first-order chi connectivity index (χ1) is 16.8. The van der Waals surface area contributed by atoms with Crippen molar-refractivity contribution in [3.05, 3.63) is 23.6 Å². The number of alkyl halides is 1. The van der Waals surface area contributed by atoms with Gasteiger partial charge in [-0.05, 0) is 56.6 Å². The molecule has 0 aromatic rings. The monoisotopic (exact) mass is 508 g/mol. The van der Waals surface area contributed by atoms with Gasteiger partial charge >= 0.3 is 5.97 Å². The molecule has 0 spiro atoms. The van der Waals surface area contributed by atoms with E-state index in [0.29, 0.717) is 12.8 Å². The summed E-state index contributed by atoms with van der Waals surface area (Å²) in [5, 5.41) is 21.4. The van der Waals surface area contributed by atoms with Gasteiger partial charge in [0.1, 0.15) is 6.61 Å². The van der Waals surface area contributed by atoms with E-state index in [1.54, 1.807) is 13.8 Å². The predicted molar refractivity (Wildman–Crippen MR) is 128 cm³/mol. The van der Waals surface area contributed by atoms with Crippen molar-refractivity contribution in [2.45, 2.75) is 96.4 Å². The molecular weight excluding hydrogens is 470 g/mol. The number of hydrogen-bond donors (Lipinski definition) is 2. The number of carbonyl (C=O) groups excluding carboxylic acids is 3. The SMILES string of the molecule is CCCCCC(=O)O[C@]1(C(=O)CO)C(C)C[C@H]2[C@@H]3CCC4=C(F)C(=O)C=C[C@]4(C)[C@@]3(F)C(O)C[C@@]21C. The molecule has 0 heterocycles. The predicted octanol–water partition coefficient (Wildman–Crippen LogP) is 4.32. The lowest BCUT2D eigenvalue weighted by molar-refractivity contribution is -0.228. The topological polar surface area (TPSA) is 101 Å². The Morgan fingerprint density at radius 2 is 1.92 bits per heavy atom. The van der Waals surface area contributed by atoms with Crippen molar-refractivity contribution in [3.8, 4) is 0 Å². The molecule has 0 aliphatic heterocycles. The number of aliphatic hydroxyl groups is 2. The van der Waals surface area contributed by atoms with Crippen LogP contribution in [0.1, 0.15) is 79.1 Å². The summed E-state index contributed by atoms with van der Waals surface area (Å²) < 4.78 is 38.2. The molecule has 3 saturated carbocycles. The Balaban J connectivity index is 1.78. The second-order valence-electron chi connectivity index (χ2n) is 11.7. The van der Waals surface area contributed by atoms with Gasteiger partial charge in [-0.3, -0.25) is 14.4 Å². The van der Waals surface area contributed by atoms with Gasteiger partial charge in [-0.2, -0.15) is 0 Å². The second-order valence-corrected chi connectivity index (χ2v) is 11.7. The highest BCUT2D eigenvalue weighted by atomic mass is 19.1. The van der Waals surface area contributed by atoms with Crippen LogP contribution >= 0.6 is 0 Å². The fraction of sp³-hybridized carbons (Fsp3) is 0.750. The zero-order valence-electron chi connectivity index (χ0n) is 21.6. The number of halogens is 2. The zero-order valence-corrected chi connectivity index (χ0v) is 21.6. The van der Waals surface area contributed by atoms with Crippen molar-refractivity contribution in [1.29, 1.82) is 0 Å². The molecule has 0 amide bonds. The van der Waals surface area contributed by atoms with Crippen LogP contribution in [0.25, 0.3) is 0 Å². The van der Waals surface area contributed by atoms with Crippen LogP contribution in [0.4, 0.5) is 8.78 Å². The third-order valence-electron chi connectivity index (χ3n) is 10.1. The Morgan fingerprint density at radius 1 is 1.22 bits per heavy atom. The summed E-state index contributed by atoms with van der Waals surface area (Å²) in [5.74, 6) is -4.67. The van der Waals surface area contributed by atoms with Gasteiger partial charge < -0.3 is 14.9 Å². The van der Waals surface area contributed by atoms with E-state index in [-0.39, 0.29) is 31.3 Å². The van der Waals surface area contributed by atoms with Crippen molar-refractivity contribution in [3.63, 3.8) is 0 Å². The maximum atomic E-state index is 17.3. The second kappa shape index (κ2) is 9.12. The molecule has 36 heavy (non-hydrogen) atoms. The van der Waals surface area contributed by atoms with Crippen LogP contribution in [-0.2, 0) is 19.1 Å². The number of ether oxygens (including phenoxy) is 1. The van der Waals surface area contributed by atoms with E-state index in [1.165, 1.54) is 13.0 Å².